The average molecular weight is 454 g/mol. The van der Waals surface area contributed by atoms with Gasteiger partial charge in [-0.3, -0.25) is 0 Å². The molecule has 2 heterocycles. The van der Waals surface area contributed by atoms with Gasteiger partial charge in [0.05, 0.1) is 17.7 Å². The van der Waals surface area contributed by atoms with Crippen LogP contribution >= 0.6 is 22.9 Å². The maximum atomic E-state index is 12.1. The zero-order valence-electron chi connectivity index (χ0n) is 17.2. The number of benzene rings is 2. The predicted molar refractivity (Wildman–Crippen MR) is 125 cm³/mol. The second-order valence-electron chi connectivity index (χ2n) is 7.10. The first-order chi connectivity index (χ1) is 14.9. The van der Waals surface area contributed by atoms with Gasteiger partial charge >= 0.3 is 5.97 Å². The molecule has 4 aromatic rings. The largest absolute Gasteiger partial charge is 0.495 e. The van der Waals surface area contributed by atoms with Crippen molar-refractivity contribution in [3.8, 4) is 17.1 Å². The van der Waals surface area contributed by atoms with E-state index in [1.807, 2.05) is 42.6 Å². The van der Waals surface area contributed by atoms with Gasteiger partial charge in [0.1, 0.15) is 10.6 Å². The Morgan fingerprint density at radius 2 is 2.03 bits per heavy atom. The molecule has 4 rings (SSSR count). The Balaban J connectivity index is 1.74. The predicted octanol–water partition coefficient (Wildman–Crippen LogP) is 5.95. The maximum Gasteiger partial charge on any atom is 0.336 e. The number of ether oxygens (including phenoxy) is 1. The van der Waals surface area contributed by atoms with Crippen LogP contribution < -0.4 is 10.1 Å². The molecule has 158 valence electrons. The second kappa shape index (κ2) is 8.53. The monoisotopic (exact) mass is 453 g/mol. The maximum absolute atomic E-state index is 12.1. The fourth-order valence-electron chi connectivity index (χ4n) is 3.45. The number of nitrogens with one attached hydrogen (secondary N) is 1. The van der Waals surface area contributed by atoms with Crippen LogP contribution in [0, 0.1) is 13.8 Å². The Morgan fingerprint density at radius 1 is 1.23 bits per heavy atom. The van der Waals surface area contributed by atoms with Gasteiger partial charge in [0, 0.05) is 29.4 Å². The van der Waals surface area contributed by atoms with E-state index in [4.69, 9.17) is 16.3 Å². The van der Waals surface area contributed by atoms with Gasteiger partial charge in [0.15, 0.2) is 5.82 Å². The molecule has 0 fully saturated rings. The van der Waals surface area contributed by atoms with Gasteiger partial charge in [-0.15, -0.1) is 11.3 Å². The lowest BCUT2D eigenvalue weighted by molar-refractivity contribution is 0.0697. The summed E-state index contributed by atoms with van der Waals surface area (Å²) >= 11 is 7.73. The minimum Gasteiger partial charge on any atom is -0.495 e. The van der Waals surface area contributed by atoms with Gasteiger partial charge in [-0.25, -0.2) is 14.8 Å². The summed E-state index contributed by atoms with van der Waals surface area (Å²) in [7, 11) is 1.58. The normalized spacial score (nSPS) is 11.0. The van der Waals surface area contributed by atoms with E-state index in [9.17, 15) is 9.90 Å². The summed E-state index contributed by atoms with van der Waals surface area (Å²) < 4.78 is 5.20. The lowest BCUT2D eigenvalue weighted by Gasteiger charge is -2.17. The number of carboxylic acid groups (broad SMARTS) is 1. The number of aromatic nitrogens is 2. The average Bonchev–Trinajstić information content (AvgIpc) is 3.22. The first-order valence-corrected chi connectivity index (χ1v) is 10.8. The van der Waals surface area contributed by atoms with Crippen molar-refractivity contribution in [1.29, 1.82) is 0 Å². The fraction of sp³-hybridized carbons (Fsp3) is 0.174. The summed E-state index contributed by atoms with van der Waals surface area (Å²) in [6.45, 7) is 4.22. The molecular formula is C23H20ClN3O3S. The molecule has 0 aliphatic carbocycles. The molecule has 0 aliphatic heterocycles. The molecule has 0 saturated carbocycles. The van der Waals surface area contributed by atoms with Crippen LogP contribution in [0.25, 0.3) is 21.6 Å². The van der Waals surface area contributed by atoms with Crippen LogP contribution in [-0.4, -0.2) is 28.2 Å². The smallest absolute Gasteiger partial charge is 0.336 e. The number of methoxy groups -OCH3 is 1. The molecule has 6 nitrogen and oxygen atoms in total. The van der Waals surface area contributed by atoms with Crippen LogP contribution in [-0.2, 0) is 6.54 Å². The van der Waals surface area contributed by atoms with E-state index >= 15 is 0 Å². The lowest BCUT2D eigenvalue weighted by atomic mass is 9.95. The van der Waals surface area contributed by atoms with Crippen molar-refractivity contribution in [3.05, 3.63) is 69.2 Å². The zero-order valence-corrected chi connectivity index (χ0v) is 18.8. The number of hydrogen-bond acceptors (Lipinski definition) is 6. The van der Waals surface area contributed by atoms with Crippen molar-refractivity contribution < 1.29 is 14.6 Å². The van der Waals surface area contributed by atoms with Crippen LogP contribution in [0.1, 0.15) is 27.0 Å². The first-order valence-electron chi connectivity index (χ1n) is 9.53. The summed E-state index contributed by atoms with van der Waals surface area (Å²) in [6, 6.07) is 9.34. The number of rotatable bonds is 6. The third kappa shape index (κ3) is 4.06. The zero-order chi connectivity index (χ0) is 22.1. The summed E-state index contributed by atoms with van der Waals surface area (Å²) in [5.74, 6) is 0.0108. The standard InChI is InChI=1S/C23H20ClN3O3S/c1-12-13(2)20(23(28)29)16(21-26-11-15-6-7-31-22(15)27-21)9-18(12)25-10-14-4-5-19(30-3)17(24)8-14/h4-9,11,25H,10H2,1-3H3,(H,28,29). The van der Waals surface area contributed by atoms with Crippen LogP contribution in [0.5, 0.6) is 5.75 Å². The molecule has 0 spiro atoms. The van der Waals surface area contributed by atoms with Crippen molar-refractivity contribution >= 4 is 44.8 Å². The number of thiophene rings is 1. The van der Waals surface area contributed by atoms with E-state index < -0.39 is 5.97 Å². The second-order valence-corrected chi connectivity index (χ2v) is 8.40. The minimum atomic E-state index is -1.00. The van der Waals surface area contributed by atoms with Crippen molar-refractivity contribution in [2.45, 2.75) is 20.4 Å². The van der Waals surface area contributed by atoms with Gasteiger partial charge in [-0.05, 0) is 60.2 Å². The van der Waals surface area contributed by atoms with Crippen molar-refractivity contribution in [2.24, 2.45) is 0 Å². The van der Waals surface area contributed by atoms with Gasteiger partial charge in [0.25, 0.3) is 0 Å². The van der Waals surface area contributed by atoms with Crippen molar-refractivity contribution in [2.75, 3.05) is 12.4 Å². The molecule has 0 radical (unpaired) electrons. The molecule has 0 amide bonds. The van der Waals surface area contributed by atoms with Gasteiger partial charge in [0.2, 0.25) is 0 Å². The number of halogens is 1. The number of carbonyl (C=O) groups is 1. The Morgan fingerprint density at radius 3 is 2.74 bits per heavy atom. The lowest BCUT2D eigenvalue weighted by Crippen LogP contribution is -2.09. The van der Waals surface area contributed by atoms with Crippen LogP contribution in [0.2, 0.25) is 5.02 Å². The number of anilines is 1. The summed E-state index contributed by atoms with van der Waals surface area (Å²) in [6.07, 6.45) is 1.72. The fourth-order valence-corrected chi connectivity index (χ4v) is 4.47. The highest BCUT2D eigenvalue weighted by molar-refractivity contribution is 7.16. The molecule has 0 unspecified atom stereocenters. The highest BCUT2D eigenvalue weighted by Crippen LogP contribution is 2.33. The third-order valence-electron chi connectivity index (χ3n) is 5.26. The molecule has 0 atom stereocenters. The molecule has 2 aromatic heterocycles. The highest BCUT2D eigenvalue weighted by atomic mass is 35.5. The molecular weight excluding hydrogens is 434 g/mol. The van der Waals surface area contributed by atoms with Gasteiger partial charge in [-0.1, -0.05) is 17.7 Å². The minimum absolute atomic E-state index is 0.214. The van der Waals surface area contributed by atoms with Gasteiger partial charge < -0.3 is 15.2 Å². The van der Waals surface area contributed by atoms with E-state index in [-0.39, 0.29) is 5.56 Å². The quantitative estimate of drug-likeness (QED) is 0.375. The SMILES string of the molecule is COc1ccc(CNc2cc(-c3ncc4ccsc4n3)c(C(=O)O)c(C)c2C)cc1Cl. The van der Waals surface area contributed by atoms with E-state index in [0.29, 0.717) is 34.3 Å². The van der Waals surface area contributed by atoms with E-state index in [2.05, 4.69) is 15.3 Å². The molecule has 0 saturated heterocycles. The summed E-state index contributed by atoms with van der Waals surface area (Å²) in [5.41, 5.74) is 4.03. The molecule has 2 aromatic carbocycles. The molecule has 2 N–H and O–H groups in total. The number of nitrogens with zero attached hydrogens (tertiary/aromatic N) is 2. The Bertz CT molecular complexity index is 1300. The summed E-state index contributed by atoms with van der Waals surface area (Å²) in [4.78, 5) is 21.9. The molecule has 31 heavy (non-hydrogen) atoms. The number of aromatic carboxylic acids is 1. The van der Waals surface area contributed by atoms with E-state index in [1.165, 1.54) is 11.3 Å². The first kappa shape index (κ1) is 21.1. The number of hydrogen-bond donors (Lipinski definition) is 2. The third-order valence-corrected chi connectivity index (χ3v) is 6.38. The number of carboxylic acids is 1. The van der Waals surface area contributed by atoms with Crippen molar-refractivity contribution in [3.63, 3.8) is 0 Å². The Labute approximate surface area is 188 Å². The van der Waals surface area contributed by atoms with Crippen LogP contribution in [0.3, 0.4) is 0 Å². The number of fused-ring (bicyclic) bond motifs is 1. The van der Waals surface area contributed by atoms with Crippen molar-refractivity contribution in [1.82, 2.24) is 9.97 Å². The van der Waals surface area contributed by atoms with Crippen LogP contribution in [0.15, 0.2) is 41.9 Å². The summed E-state index contributed by atoms with van der Waals surface area (Å²) in [5, 5.41) is 16.7. The Hall–Kier alpha value is -3.16. The Kier molecular flexibility index (Phi) is 5.80. The van der Waals surface area contributed by atoms with Gasteiger partial charge in [-0.2, -0.15) is 0 Å². The molecule has 8 heteroatoms. The highest BCUT2D eigenvalue weighted by Gasteiger charge is 2.21. The topological polar surface area (TPSA) is 84.3 Å². The molecule has 0 bridgehead atoms. The molecule has 0 aliphatic rings. The van der Waals surface area contributed by atoms with Crippen LogP contribution in [0.4, 0.5) is 5.69 Å². The van der Waals surface area contributed by atoms with E-state index in [1.54, 1.807) is 20.2 Å². The van der Waals surface area contributed by atoms with E-state index in [0.717, 1.165) is 27.0 Å².